The zero-order chi connectivity index (χ0) is 15.1. The largest absolute Gasteiger partial charge is 0.493 e. The number of imidazole rings is 1. The van der Waals surface area contributed by atoms with Gasteiger partial charge in [-0.3, -0.25) is 0 Å². The molecule has 0 aliphatic heterocycles. The van der Waals surface area contributed by atoms with Crippen molar-refractivity contribution in [2.45, 2.75) is 33.7 Å². The summed E-state index contributed by atoms with van der Waals surface area (Å²) in [5.74, 6) is 1.41. The van der Waals surface area contributed by atoms with Crippen LogP contribution in [0.15, 0.2) is 12.1 Å². The molecule has 0 aliphatic carbocycles. The zero-order valence-corrected chi connectivity index (χ0v) is 13.7. The van der Waals surface area contributed by atoms with Crippen molar-refractivity contribution in [1.82, 2.24) is 9.55 Å². The van der Waals surface area contributed by atoms with Crippen LogP contribution < -0.4 is 9.47 Å². The summed E-state index contributed by atoms with van der Waals surface area (Å²) in [6, 6.07) is 4.17. The van der Waals surface area contributed by atoms with Gasteiger partial charge < -0.3 is 19.0 Å². The molecule has 110 valence electrons. The minimum absolute atomic E-state index is 0.112. The molecule has 0 bridgehead atoms. The highest BCUT2D eigenvalue weighted by atomic mass is 32.1. The summed E-state index contributed by atoms with van der Waals surface area (Å²) in [5.41, 5.74) is 2.11. The smallest absolute Gasteiger partial charge is 0.178 e. The van der Waals surface area contributed by atoms with Crippen LogP contribution in [0.2, 0.25) is 0 Å². The minimum atomic E-state index is 0.112. The van der Waals surface area contributed by atoms with Crippen molar-refractivity contribution in [3.8, 4) is 11.5 Å². The fourth-order valence-corrected chi connectivity index (χ4v) is 2.59. The van der Waals surface area contributed by atoms with Crippen molar-refractivity contribution >= 4 is 23.3 Å². The van der Waals surface area contributed by atoms with E-state index in [2.05, 4.69) is 37.2 Å². The Kier molecular flexibility index (Phi) is 3.82. The van der Waals surface area contributed by atoms with Gasteiger partial charge in [0.05, 0.1) is 25.3 Å². The van der Waals surface area contributed by atoms with Crippen LogP contribution in [-0.4, -0.2) is 23.8 Å². The molecule has 1 N–H and O–H groups in total. The van der Waals surface area contributed by atoms with Crippen LogP contribution >= 0.6 is 12.2 Å². The molecular weight excluding hydrogens is 272 g/mol. The number of ether oxygens (including phenoxy) is 2. The molecule has 2 rings (SSSR count). The van der Waals surface area contributed by atoms with Crippen molar-refractivity contribution in [3.63, 3.8) is 0 Å². The fraction of sp³-hybridized carbons (Fsp3) is 0.533. The number of hydrogen-bond donors (Lipinski definition) is 1. The summed E-state index contributed by atoms with van der Waals surface area (Å²) in [6.45, 7) is 8.80. The number of methoxy groups -OCH3 is 2. The van der Waals surface area contributed by atoms with E-state index in [4.69, 9.17) is 21.7 Å². The predicted octanol–water partition coefficient (Wildman–Crippen LogP) is 4.32. The normalized spacial score (nSPS) is 13.5. The lowest BCUT2D eigenvalue weighted by Crippen LogP contribution is -2.21. The lowest BCUT2D eigenvalue weighted by molar-refractivity contribution is 0.265. The van der Waals surface area contributed by atoms with Crippen molar-refractivity contribution in [3.05, 3.63) is 16.9 Å². The van der Waals surface area contributed by atoms with Gasteiger partial charge in [0.25, 0.3) is 0 Å². The zero-order valence-electron chi connectivity index (χ0n) is 12.9. The van der Waals surface area contributed by atoms with Crippen molar-refractivity contribution in [2.75, 3.05) is 14.2 Å². The Hall–Kier alpha value is -1.49. The second-order valence-corrected chi connectivity index (χ2v) is 6.45. The molecule has 0 fully saturated rings. The van der Waals surface area contributed by atoms with E-state index in [0.717, 1.165) is 15.8 Å². The van der Waals surface area contributed by atoms with Crippen LogP contribution in [0, 0.1) is 10.2 Å². The number of rotatable bonds is 3. The van der Waals surface area contributed by atoms with Crippen molar-refractivity contribution in [1.29, 1.82) is 0 Å². The molecule has 5 heteroatoms. The van der Waals surface area contributed by atoms with Gasteiger partial charge in [-0.15, -0.1) is 0 Å². The van der Waals surface area contributed by atoms with Gasteiger partial charge >= 0.3 is 0 Å². The molecule has 1 aromatic heterocycles. The molecule has 0 saturated heterocycles. The van der Waals surface area contributed by atoms with Crippen LogP contribution in [0.25, 0.3) is 11.0 Å². The Morgan fingerprint density at radius 1 is 1.15 bits per heavy atom. The van der Waals surface area contributed by atoms with E-state index in [-0.39, 0.29) is 11.5 Å². The summed E-state index contributed by atoms with van der Waals surface area (Å²) in [6.07, 6.45) is 0. The molecule has 1 atom stereocenters. The SMILES string of the molecule is COc1cc2[nH]c(=S)n(C(C)C(C)(C)C)c2cc1OC. The molecule has 4 nitrogen and oxygen atoms in total. The van der Waals surface area contributed by atoms with E-state index in [1.54, 1.807) is 14.2 Å². The van der Waals surface area contributed by atoms with Crippen LogP contribution in [0.1, 0.15) is 33.7 Å². The highest BCUT2D eigenvalue weighted by Crippen LogP contribution is 2.37. The first-order valence-electron chi connectivity index (χ1n) is 6.66. The Morgan fingerprint density at radius 3 is 2.20 bits per heavy atom. The average Bonchev–Trinajstić information content (AvgIpc) is 2.69. The highest BCUT2D eigenvalue weighted by Gasteiger charge is 2.24. The van der Waals surface area contributed by atoms with E-state index in [1.165, 1.54) is 0 Å². The van der Waals surface area contributed by atoms with Crippen molar-refractivity contribution < 1.29 is 9.47 Å². The van der Waals surface area contributed by atoms with E-state index in [0.29, 0.717) is 11.5 Å². The lowest BCUT2D eigenvalue weighted by Gasteiger charge is -2.29. The third-order valence-electron chi connectivity index (χ3n) is 3.86. The van der Waals surface area contributed by atoms with E-state index in [9.17, 15) is 0 Å². The maximum atomic E-state index is 5.48. The number of H-pyrrole nitrogens is 1. The minimum Gasteiger partial charge on any atom is -0.493 e. The van der Waals surface area contributed by atoms with Gasteiger partial charge in [-0.1, -0.05) is 20.8 Å². The third-order valence-corrected chi connectivity index (χ3v) is 4.16. The van der Waals surface area contributed by atoms with E-state index < -0.39 is 0 Å². The highest BCUT2D eigenvalue weighted by molar-refractivity contribution is 7.71. The molecule has 2 aromatic rings. The van der Waals surface area contributed by atoms with Crippen LogP contribution in [-0.2, 0) is 0 Å². The molecule has 0 amide bonds. The molecule has 1 unspecified atom stereocenters. The number of benzene rings is 1. The molecule has 0 radical (unpaired) electrons. The Bertz CT molecular complexity index is 679. The van der Waals surface area contributed by atoms with Crippen LogP contribution in [0.3, 0.4) is 0 Å². The van der Waals surface area contributed by atoms with Gasteiger partial charge in [-0.2, -0.15) is 0 Å². The van der Waals surface area contributed by atoms with Crippen LogP contribution in [0.4, 0.5) is 0 Å². The molecule has 20 heavy (non-hydrogen) atoms. The van der Waals surface area contributed by atoms with E-state index in [1.807, 2.05) is 12.1 Å². The summed E-state index contributed by atoms with van der Waals surface area (Å²) < 4.78 is 13.6. The first-order valence-corrected chi connectivity index (χ1v) is 7.06. The summed E-state index contributed by atoms with van der Waals surface area (Å²) in [7, 11) is 3.27. The molecular formula is C15H22N2O2S. The van der Waals surface area contributed by atoms with Gasteiger partial charge in [0.2, 0.25) is 0 Å². The number of fused-ring (bicyclic) bond motifs is 1. The second kappa shape index (κ2) is 5.13. The molecule has 0 aliphatic rings. The van der Waals surface area contributed by atoms with Gasteiger partial charge in [0, 0.05) is 18.2 Å². The molecule has 0 spiro atoms. The quantitative estimate of drug-likeness (QED) is 0.857. The fourth-order valence-electron chi connectivity index (χ4n) is 2.22. The standard InChI is InChI=1S/C15H22N2O2S/c1-9(15(2,3)4)17-11-8-13(19-6)12(18-5)7-10(11)16-14(17)20/h7-9H,1-6H3,(H,16,20). The summed E-state index contributed by atoms with van der Waals surface area (Å²) in [4.78, 5) is 3.25. The van der Waals surface area contributed by atoms with Gasteiger partial charge in [0.1, 0.15) is 0 Å². The number of nitrogens with zero attached hydrogens (tertiary/aromatic N) is 1. The number of aromatic amines is 1. The molecule has 0 saturated carbocycles. The van der Waals surface area contributed by atoms with Gasteiger partial charge in [0.15, 0.2) is 16.3 Å². The first-order chi connectivity index (χ1) is 9.29. The monoisotopic (exact) mass is 294 g/mol. The average molecular weight is 294 g/mol. The first kappa shape index (κ1) is 14.9. The molecule has 1 heterocycles. The third kappa shape index (κ3) is 2.42. The summed E-state index contributed by atoms with van der Waals surface area (Å²) >= 11 is 5.48. The number of hydrogen-bond acceptors (Lipinski definition) is 3. The summed E-state index contributed by atoms with van der Waals surface area (Å²) in [5, 5.41) is 0. The number of nitrogens with one attached hydrogen (secondary N) is 1. The number of aromatic nitrogens is 2. The maximum absolute atomic E-state index is 5.48. The maximum Gasteiger partial charge on any atom is 0.178 e. The second-order valence-electron chi connectivity index (χ2n) is 6.07. The van der Waals surface area contributed by atoms with Crippen molar-refractivity contribution in [2.24, 2.45) is 5.41 Å². The van der Waals surface area contributed by atoms with Gasteiger partial charge in [-0.25, -0.2) is 0 Å². The Balaban J connectivity index is 2.73. The van der Waals surface area contributed by atoms with E-state index >= 15 is 0 Å². The Labute approximate surface area is 124 Å². The lowest BCUT2D eigenvalue weighted by atomic mass is 9.88. The predicted molar refractivity (Wildman–Crippen MR) is 84.4 cm³/mol. The topological polar surface area (TPSA) is 39.2 Å². The molecule has 1 aromatic carbocycles. The van der Waals surface area contributed by atoms with Gasteiger partial charge in [-0.05, 0) is 24.6 Å². The Morgan fingerprint density at radius 2 is 1.70 bits per heavy atom. The van der Waals surface area contributed by atoms with Crippen LogP contribution in [0.5, 0.6) is 11.5 Å².